The summed E-state index contributed by atoms with van der Waals surface area (Å²) in [7, 11) is -2.68. The van der Waals surface area contributed by atoms with Crippen LogP contribution in [0.5, 0.6) is 0 Å². The Bertz CT molecular complexity index is 715. The molecule has 2 aromatic rings. The van der Waals surface area contributed by atoms with Crippen molar-refractivity contribution >= 4 is 18.7 Å². The van der Waals surface area contributed by atoms with Crippen LogP contribution in [-0.4, -0.2) is 43.4 Å². The third kappa shape index (κ3) is 3.87. The van der Waals surface area contributed by atoms with Gasteiger partial charge in [-0.2, -0.15) is 0 Å². The maximum Gasteiger partial charge on any atom is 0.261 e. The maximum absolute atomic E-state index is 10.3. The van der Waals surface area contributed by atoms with Gasteiger partial charge in [0, 0.05) is 0 Å². The van der Waals surface area contributed by atoms with E-state index in [0.29, 0.717) is 0 Å². The summed E-state index contributed by atoms with van der Waals surface area (Å²) in [6.07, 6.45) is 0.340. The van der Waals surface area contributed by atoms with Gasteiger partial charge in [0.1, 0.15) is 18.3 Å². The van der Waals surface area contributed by atoms with Gasteiger partial charge in [-0.25, -0.2) is 0 Å². The molecule has 1 heterocycles. The molecule has 2 aromatic carbocycles. The summed E-state index contributed by atoms with van der Waals surface area (Å²) in [6, 6.07) is 20.6. The van der Waals surface area contributed by atoms with E-state index < -0.39 is 26.6 Å². The number of rotatable bonds is 5. The number of aliphatic hydroxyl groups excluding tert-OH is 2. The lowest BCUT2D eigenvalue weighted by atomic mass is 10.1. The van der Waals surface area contributed by atoms with Crippen LogP contribution in [0.2, 0.25) is 5.04 Å². The Morgan fingerprint density at radius 2 is 1.44 bits per heavy atom. The Hall–Kier alpha value is -1.92. The van der Waals surface area contributed by atoms with Crippen molar-refractivity contribution in [3.63, 3.8) is 0 Å². The largest absolute Gasteiger partial charge is 0.493 e. The topological polar surface area (TPSA) is 58.9 Å². The Kier molecular flexibility index (Phi) is 5.86. The van der Waals surface area contributed by atoms with Crippen LogP contribution < -0.4 is 10.4 Å². The first-order valence-corrected chi connectivity index (χ1v) is 11.2. The molecule has 3 rings (SSSR count). The third-order valence-electron chi connectivity index (χ3n) is 5.14. The summed E-state index contributed by atoms with van der Waals surface area (Å²) < 4.78 is 12.3. The van der Waals surface area contributed by atoms with Crippen molar-refractivity contribution in [1.29, 1.82) is 0 Å². The minimum Gasteiger partial charge on any atom is -0.493 e. The summed E-state index contributed by atoms with van der Waals surface area (Å²) in [5.74, 6) is 0. The molecule has 0 saturated carbocycles. The van der Waals surface area contributed by atoms with Gasteiger partial charge in [0.25, 0.3) is 8.32 Å². The summed E-state index contributed by atoms with van der Waals surface area (Å²) >= 11 is 0. The van der Waals surface area contributed by atoms with Crippen molar-refractivity contribution in [2.45, 2.75) is 44.1 Å². The van der Waals surface area contributed by atoms with Crippen LogP contribution in [0.15, 0.2) is 73.0 Å². The van der Waals surface area contributed by atoms with E-state index >= 15 is 0 Å². The van der Waals surface area contributed by atoms with Crippen molar-refractivity contribution < 1.29 is 19.4 Å². The van der Waals surface area contributed by atoms with Crippen LogP contribution in [0.3, 0.4) is 0 Å². The average Bonchev–Trinajstić information content (AvgIpc) is 2.66. The summed E-state index contributed by atoms with van der Waals surface area (Å²) in [4.78, 5) is 0. The van der Waals surface area contributed by atoms with E-state index in [9.17, 15) is 10.2 Å². The van der Waals surface area contributed by atoms with E-state index in [-0.39, 0.29) is 11.6 Å². The fourth-order valence-electron chi connectivity index (χ4n) is 3.75. The van der Waals surface area contributed by atoms with Crippen molar-refractivity contribution in [3.8, 4) is 0 Å². The van der Waals surface area contributed by atoms with Gasteiger partial charge in [0.2, 0.25) is 0 Å². The number of aliphatic hydroxyl groups is 2. The van der Waals surface area contributed by atoms with E-state index in [1.807, 2.05) is 36.4 Å². The summed E-state index contributed by atoms with van der Waals surface area (Å²) in [5.41, 5.74) is 0. The van der Waals surface area contributed by atoms with Gasteiger partial charge < -0.3 is 19.4 Å². The second-order valence-corrected chi connectivity index (χ2v) is 12.3. The predicted octanol–water partition coefficient (Wildman–Crippen LogP) is 2.20. The molecule has 0 saturated heterocycles. The van der Waals surface area contributed by atoms with E-state index in [4.69, 9.17) is 9.16 Å². The second-order valence-electron chi connectivity index (χ2n) is 7.96. The lowest BCUT2D eigenvalue weighted by molar-refractivity contribution is -0.0783. The highest BCUT2D eigenvalue weighted by Crippen LogP contribution is 2.37. The Labute approximate surface area is 162 Å². The molecule has 0 aliphatic carbocycles. The van der Waals surface area contributed by atoms with Crippen LogP contribution in [0, 0.1) is 0 Å². The fourth-order valence-corrected chi connectivity index (χ4v) is 8.32. The quantitative estimate of drug-likeness (QED) is 0.776. The average molecular weight is 385 g/mol. The van der Waals surface area contributed by atoms with Gasteiger partial charge >= 0.3 is 0 Å². The SMILES string of the molecule is CC(C)(C)[Si](OCC1OC=CC(O)C1O)(c1ccccc1)c1ccccc1. The highest BCUT2D eigenvalue weighted by atomic mass is 28.4. The molecule has 144 valence electrons. The molecule has 5 heteroatoms. The van der Waals surface area contributed by atoms with Crippen LogP contribution in [0.1, 0.15) is 20.8 Å². The maximum atomic E-state index is 10.3. The van der Waals surface area contributed by atoms with Crippen molar-refractivity contribution in [2.75, 3.05) is 6.61 Å². The van der Waals surface area contributed by atoms with E-state index in [1.165, 1.54) is 22.7 Å². The normalized spacial score (nSPS) is 23.1. The molecule has 0 fully saturated rings. The number of hydrogen-bond donors (Lipinski definition) is 2. The smallest absolute Gasteiger partial charge is 0.261 e. The molecule has 0 amide bonds. The molecule has 0 radical (unpaired) electrons. The molecule has 0 aromatic heterocycles. The molecule has 3 atom stereocenters. The molecule has 4 nitrogen and oxygen atoms in total. The minimum absolute atomic E-state index is 0.149. The zero-order valence-electron chi connectivity index (χ0n) is 16.1. The van der Waals surface area contributed by atoms with E-state index in [2.05, 4.69) is 45.0 Å². The molecule has 27 heavy (non-hydrogen) atoms. The Balaban J connectivity index is 2.03. The highest BCUT2D eigenvalue weighted by Gasteiger charge is 2.50. The van der Waals surface area contributed by atoms with Crippen molar-refractivity contribution in [3.05, 3.63) is 73.0 Å². The van der Waals surface area contributed by atoms with Gasteiger partial charge in [-0.15, -0.1) is 0 Å². The Morgan fingerprint density at radius 3 is 1.93 bits per heavy atom. The number of ether oxygens (including phenoxy) is 1. The van der Waals surface area contributed by atoms with Gasteiger partial charge in [-0.1, -0.05) is 81.4 Å². The molecule has 3 unspecified atom stereocenters. The molecule has 0 spiro atoms. The molecule has 2 N–H and O–H groups in total. The van der Waals surface area contributed by atoms with Gasteiger partial charge in [0.05, 0.1) is 12.9 Å². The molecule has 1 aliphatic rings. The molecular weight excluding hydrogens is 356 g/mol. The fraction of sp³-hybridized carbons (Fsp3) is 0.364. The monoisotopic (exact) mass is 384 g/mol. The zero-order valence-corrected chi connectivity index (χ0v) is 17.1. The van der Waals surface area contributed by atoms with Crippen LogP contribution in [0.25, 0.3) is 0 Å². The predicted molar refractivity (Wildman–Crippen MR) is 110 cm³/mol. The van der Waals surface area contributed by atoms with Crippen LogP contribution >= 0.6 is 0 Å². The van der Waals surface area contributed by atoms with E-state index in [0.717, 1.165) is 0 Å². The lowest BCUT2D eigenvalue weighted by Gasteiger charge is -2.44. The van der Waals surface area contributed by atoms with Gasteiger partial charge in [-0.05, 0) is 21.5 Å². The second kappa shape index (κ2) is 7.98. The minimum atomic E-state index is -2.68. The highest BCUT2D eigenvalue weighted by molar-refractivity contribution is 6.99. The van der Waals surface area contributed by atoms with Crippen molar-refractivity contribution in [1.82, 2.24) is 0 Å². The van der Waals surface area contributed by atoms with E-state index in [1.54, 1.807) is 0 Å². The zero-order chi connectivity index (χ0) is 19.5. The molecule has 1 aliphatic heterocycles. The standard InChI is InChI=1S/C22H28O4Si/c1-22(2,3)27(17-10-6-4-7-11-17,18-12-8-5-9-13-18)26-16-20-21(24)19(23)14-15-25-20/h4-15,19-21,23-24H,16H2,1-3H3. The number of benzene rings is 2. The van der Waals surface area contributed by atoms with Gasteiger partial charge in [0.15, 0.2) is 0 Å². The molecule has 0 bridgehead atoms. The van der Waals surface area contributed by atoms with Crippen LogP contribution in [-0.2, 0) is 9.16 Å². The number of hydrogen-bond acceptors (Lipinski definition) is 4. The van der Waals surface area contributed by atoms with Gasteiger partial charge in [-0.3, -0.25) is 0 Å². The van der Waals surface area contributed by atoms with Crippen LogP contribution in [0.4, 0.5) is 0 Å². The third-order valence-corrected chi connectivity index (χ3v) is 10.1. The first-order chi connectivity index (χ1) is 12.9. The first-order valence-electron chi connectivity index (χ1n) is 9.29. The Morgan fingerprint density at radius 1 is 0.926 bits per heavy atom. The lowest BCUT2D eigenvalue weighted by Crippen LogP contribution is -2.67. The summed E-state index contributed by atoms with van der Waals surface area (Å²) in [5, 5.41) is 22.4. The molecular formula is C22H28O4Si. The summed E-state index contributed by atoms with van der Waals surface area (Å²) in [6.45, 7) is 6.81. The first kappa shape index (κ1) is 19.8. The van der Waals surface area contributed by atoms with Crippen molar-refractivity contribution in [2.24, 2.45) is 0 Å².